The normalized spacial score (nSPS) is 16.7. The number of aliphatic hydroxyl groups is 1. The molecular formula is C25H26F2N6O3. The summed E-state index contributed by atoms with van der Waals surface area (Å²) in [6, 6.07) is 10.6. The highest BCUT2D eigenvalue weighted by Gasteiger charge is 2.37. The Labute approximate surface area is 206 Å². The molecule has 5 rings (SSSR count). The van der Waals surface area contributed by atoms with Gasteiger partial charge in [-0.3, -0.25) is 0 Å². The number of likely N-dealkylation sites (tertiary alicyclic amines) is 1. The third kappa shape index (κ3) is 5.12. The fourth-order valence-corrected chi connectivity index (χ4v) is 4.63. The van der Waals surface area contributed by atoms with Gasteiger partial charge in [-0.05, 0) is 56.3 Å². The first-order valence-corrected chi connectivity index (χ1v) is 11.6. The third-order valence-corrected chi connectivity index (χ3v) is 6.52. The van der Waals surface area contributed by atoms with Crippen molar-refractivity contribution >= 4 is 0 Å². The van der Waals surface area contributed by atoms with E-state index in [1.54, 1.807) is 7.11 Å². The second kappa shape index (κ2) is 10.1. The molecule has 1 N–H and O–H groups in total. The van der Waals surface area contributed by atoms with Gasteiger partial charge in [-0.25, -0.2) is 18.4 Å². The summed E-state index contributed by atoms with van der Waals surface area (Å²) in [6.07, 6.45) is 4.26. The molecule has 1 atom stereocenters. The number of aromatic nitrogens is 5. The van der Waals surface area contributed by atoms with Crippen molar-refractivity contribution in [3.05, 3.63) is 78.2 Å². The molecule has 0 radical (unpaired) electrons. The molecule has 188 valence electrons. The predicted molar refractivity (Wildman–Crippen MR) is 125 cm³/mol. The fraction of sp³-hybridized carbons (Fsp3) is 0.360. The van der Waals surface area contributed by atoms with E-state index in [9.17, 15) is 13.9 Å². The topological polar surface area (TPSA) is 102 Å². The summed E-state index contributed by atoms with van der Waals surface area (Å²) in [7, 11) is 1.61. The number of methoxy groups -OCH3 is 1. The van der Waals surface area contributed by atoms with Gasteiger partial charge in [0.15, 0.2) is 0 Å². The number of halogens is 2. The molecule has 9 nitrogen and oxygen atoms in total. The van der Waals surface area contributed by atoms with E-state index in [2.05, 4.69) is 25.2 Å². The molecule has 2 aromatic heterocycles. The molecule has 36 heavy (non-hydrogen) atoms. The Bertz CT molecular complexity index is 1290. The molecule has 1 aliphatic heterocycles. The van der Waals surface area contributed by atoms with Crippen molar-refractivity contribution in [2.75, 3.05) is 26.7 Å². The number of piperidine rings is 1. The molecule has 0 spiro atoms. The van der Waals surface area contributed by atoms with Gasteiger partial charge in [-0.15, -0.1) is 10.2 Å². The minimum Gasteiger partial charge on any atom is -0.497 e. The quantitative estimate of drug-likeness (QED) is 0.396. The van der Waals surface area contributed by atoms with Crippen LogP contribution >= 0.6 is 0 Å². The number of benzene rings is 2. The molecular weight excluding hydrogens is 470 g/mol. The molecule has 4 aromatic rings. The second-order valence-corrected chi connectivity index (χ2v) is 8.97. The monoisotopic (exact) mass is 496 g/mol. The van der Waals surface area contributed by atoms with Gasteiger partial charge in [0.2, 0.25) is 11.8 Å². The Kier molecular flexibility index (Phi) is 6.75. The average molecular weight is 497 g/mol. The highest BCUT2D eigenvalue weighted by molar-refractivity contribution is 5.54. The molecule has 1 aliphatic rings. The zero-order valence-electron chi connectivity index (χ0n) is 19.7. The molecule has 1 saturated heterocycles. The van der Waals surface area contributed by atoms with Crippen molar-refractivity contribution in [2.45, 2.75) is 30.9 Å². The lowest BCUT2D eigenvalue weighted by atomic mass is 9.90. The maximum absolute atomic E-state index is 14.7. The van der Waals surface area contributed by atoms with Crippen molar-refractivity contribution in [1.82, 2.24) is 29.9 Å². The van der Waals surface area contributed by atoms with Crippen LogP contribution < -0.4 is 4.74 Å². The summed E-state index contributed by atoms with van der Waals surface area (Å²) in [5, 5.41) is 24.1. The lowest BCUT2D eigenvalue weighted by Gasteiger charge is -2.37. The van der Waals surface area contributed by atoms with E-state index in [0.29, 0.717) is 24.9 Å². The van der Waals surface area contributed by atoms with Crippen LogP contribution in [-0.4, -0.2) is 61.7 Å². The summed E-state index contributed by atoms with van der Waals surface area (Å²) < 4.78 is 40.8. The SMILES string of the molecule is COc1ccc(-c2nnc(C3CCN(CC(O)(Cn4cncn4)c4ccc(F)cc4F)CC3)o2)cc1. The number of hydrogen-bond donors (Lipinski definition) is 1. The van der Waals surface area contributed by atoms with Gasteiger partial charge < -0.3 is 19.2 Å². The first-order chi connectivity index (χ1) is 17.4. The van der Waals surface area contributed by atoms with Crippen LogP contribution in [0.25, 0.3) is 11.5 Å². The molecule has 0 amide bonds. The van der Waals surface area contributed by atoms with Crippen molar-refractivity contribution in [3.63, 3.8) is 0 Å². The first kappa shape index (κ1) is 24.0. The summed E-state index contributed by atoms with van der Waals surface area (Å²) in [5.41, 5.74) is -0.807. The smallest absolute Gasteiger partial charge is 0.247 e. The Balaban J connectivity index is 1.27. The van der Waals surface area contributed by atoms with E-state index >= 15 is 0 Å². The van der Waals surface area contributed by atoms with Gasteiger partial charge in [0.1, 0.15) is 35.6 Å². The van der Waals surface area contributed by atoms with Crippen molar-refractivity contribution < 1.29 is 23.0 Å². The minimum atomic E-state index is -1.63. The Morgan fingerprint density at radius 3 is 2.53 bits per heavy atom. The van der Waals surface area contributed by atoms with E-state index in [1.807, 2.05) is 24.3 Å². The maximum Gasteiger partial charge on any atom is 0.247 e. The van der Waals surface area contributed by atoms with Gasteiger partial charge in [0.05, 0.1) is 13.7 Å². The highest BCUT2D eigenvalue weighted by atomic mass is 19.1. The minimum absolute atomic E-state index is 0.0163. The van der Waals surface area contributed by atoms with E-state index in [0.717, 1.165) is 36.3 Å². The molecule has 1 fully saturated rings. The highest BCUT2D eigenvalue weighted by Crippen LogP contribution is 2.33. The van der Waals surface area contributed by atoms with Gasteiger partial charge in [-0.2, -0.15) is 5.10 Å². The van der Waals surface area contributed by atoms with Gasteiger partial charge in [0, 0.05) is 29.7 Å². The summed E-state index contributed by atoms with van der Waals surface area (Å²) in [4.78, 5) is 5.96. The lowest BCUT2D eigenvalue weighted by molar-refractivity contribution is -0.0270. The molecule has 11 heteroatoms. The van der Waals surface area contributed by atoms with Crippen molar-refractivity contribution in [3.8, 4) is 17.2 Å². The van der Waals surface area contributed by atoms with Crippen LogP contribution in [0.15, 0.2) is 59.5 Å². The third-order valence-electron chi connectivity index (χ3n) is 6.52. The van der Waals surface area contributed by atoms with Crippen LogP contribution in [0.5, 0.6) is 5.75 Å². The molecule has 2 aromatic carbocycles. The molecule has 0 aliphatic carbocycles. The van der Waals surface area contributed by atoms with Crippen LogP contribution in [0.2, 0.25) is 0 Å². The van der Waals surface area contributed by atoms with Crippen LogP contribution in [0, 0.1) is 11.6 Å². The van der Waals surface area contributed by atoms with E-state index < -0.39 is 17.2 Å². The predicted octanol–water partition coefficient (Wildman–Crippen LogP) is 3.38. The van der Waals surface area contributed by atoms with Crippen molar-refractivity contribution in [1.29, 1.82) is 0 Å². The van der Waals surface area contributed by atoms with Crippen LogP contribution in [0.3, 0.4) is 0 Å². The van der Waals surface area contributed by atoms with E-state index in [-0.39, 0.29) is 24.6 Å². The average Bonchev–Trinajstić information content (AvgIpc) is 3.57. The number of β-amino-alcohol motifs (C(OH)–C–C–N with tert-alkyl or cyclic N) is 1. The summed E-state index contributed by atoms with van der Waals surface area (Å²) in [5.74, 6) is 0.340. The van der Waals surface area contributed by atoms with E-state index in [4.69, 9.17) is 9.15 Å². The number of hydrogen-bond acceptors (Lipinski definition) is 8. The zero-order chi connectivity index (χ0) is 25.1. The summed E-state index contributed by atoms with van der Waals surface area (Å²) in [6.45, 7) is 1.38. The van der Waals surface area contributed by atoms with Crippen LogP contribution in [-0.2, 0) is 12.1 Å². The zero-order valence-corrected chi connectivity index (χ0v) is 19.7. The Hall–Kier alpha value is -3.70. The Morgan fingerprint density at radius 2 is 1.86 bits per heavy atom. The molecule has 1 unspecified atom stereocenters. The van der Waals surface area contributed by atoms with Crippen molar-refractivity contribution in [2.24, 2.45) is 0 Å². The molecule has 3 heterocycles. The van der Waals surface area contributed by atoms with Gasteiger partial charge in [0.25, 0.3) is 0 Å². The van der Waals surface area contributed by atoms with Crippen LogP contribution in [0.1, 0.15) is 30.2 Å². The Morgan fingerprint density at radius 1 is 1.08 bits per heavy atom. The largest absolute Gasteiger partial charge is 0.497 e. The fourth-order valence-electron chi connectivity index (χ4n) is 4.63. The first-order valence-electron chi connectivity index (χ1n) is 11.6. The molecule has 0 bridgehead atoms. The molecule has 0 saturated carbocycles. The number of ether oxygens (including phenoxy) is 1. The van der Waals surface area contributed by atoms with Gasteiger partial charge >= 0.3 is 0 Å². The standard InChI is InChI=1S/C25H26F2N6O3/c1-35-20-5-2-17(3-6-20)23-30-31-24(36-23)18-8-10-32(11-9-18)13-25(34,14-33-16-28-15-29-33)21-7-4-19(26)12-22(21)27/h2-7,12,15-16,18,34H,8-11,13-14H2,1H3. The number of nitrogens with zero attached hydrogens (tertiary/aromatic N) is 6. The number of rotatable bonds is 8. The lowest BCUT2D eigenvalue weighted by Crippen LogP contribution is -2.47. The summed E-state index contributed by atoms with van der Waals surface area (Å²) >= 11 is 0. The maximum atomic E-state index is 14.7. The second-order valence-electron chi connectivity index (χ2n) is 8.97. The van der Waals surface area contributed by atoms with Gasteiger partial charge in [-0.1, -0.05) is 6.07 Å². The van der Waals surface area contributed by atoms with E-state index in [1.165, 1.54) is 23.4 Å². The van der Waals surface area contributed by atoms with Crippen LogP contribution in [0.4, 0.5) is 8.78 Å².